The molecule has 0 saturated heterocycles. The molecule has 3 heteroatoms. The van der Waals surface area contributed by atoms with Gasteiger partial charge in [-0.3, -0.25) is 0 Å². The molecule has 0 bridgehead atoms. The Labute approximate surface area is 60.6 Å². The smallest absolute Gasteiger partial charge is 0.249 e. The highest BCUT2D eigenvalue weighted by Gasteiger charge is 2.31. The molecule has 0 fully saturated rings. The third kappa shape index (κ3) is 3.11. The zero-order valence-corrected chi connectivity index (χ0v) is 6.53. The van der Waals surface area contributed by atoms with Gasteiger partial charge in [0.2, 0.25) is 5.92 Å². The minimum atomic E-state index is -2.61. The van der Waals surface area contributed by atoms with Crippen LogP contribution in [0.5, 0.6) is 0 Å². The van der Waals surface area contributed by atoms with Crippen molar-refractivity contribution in [3.05, 3.63) is 0 Å². The van der Waals surface area contributed by atoms with Gasteiger partial charge in [0.1, 0.15) is 0 Å². The van der Waals surface area contributed by atoms with Gasteiger partial charge in [-0.05, 0) is 13.3 Å². The zero-order valence-electron chi connectivity index (χ0n) is 6.53. The molecule has 1 unspecified atom stereocenters. The predicted molar refractivity (Wildman–Crippen MR) is 38.1 cm³/mol. The molecule has 0 aliphatic rings. The molecule has 1 nitrogen and oxygen atoms in total. The molecule has 0 aliphatic heterocycles. The van der Waals surface area contributed by atoms with Crippen LogP contribution < -0.4 is 5.73 Å². The molecule has 0 rings (SSSR count). The molecule has 0 aromatic heterocycles. The van der Waals surface area contributed by atoms with Crippen molar-refractivity contribution in [2.45, 2.75) is 32.6 Å². The van der Waals surface area contributed by atoms with Gasteiger partial charge in [0.05, 0.1) is 0 Å². The van der Waals surface area contributed by atoms with E-state index >= 15 is 0 Å². The third-order valence-electron chi connectivity index (χ3n) is 1.64. The molecule has 0 amide bonds. The first-order chi connectivity index (χ1) is 4.52. The Bertz CT molecular complexity index is 88.1. The van der Waals surface area contributed by atoms with Gasteiger partial charge in [0.25, 0.3) is 0 Å². The van der Waals surface area contributed by atoms with Gasteiger partial charge in [-0.1, -0.05) is 13.3 Å². The van der Waals surface area contributed by atoms with Gasteiger partial charge in [-0.25, -0.2) is 8.78 Å². The molecule has 0 radical (unpaired) electrons. The molecule has 2 N–H and O–H groups in total. The van der Waals surface area contributed by atoms with Gasteiger partial charge in [-0.2, -0.15) is 0 Å². The molecular weight excluding hydrogens is 136 g/mol. The second kappa shape index (κ2) is 3.86. The van der Waals surface area contributed by atoms with Crippen LogP contribution in [-0.2, 0) is 0 Å². The van der Waals surface area contributed by atoms with E-state index in [1.165, 1.54) is 0 Å². The summed E-state index contributed by atoms with van der Waals surface area (Å²) in [5, 5.41) is 0. The molecular formula is C7H15F2N. The first-order valence-corrected chi connectivity index (χ1v) is 3.60. The Hall–Kier alpha value is -0.180. The van der Waals surface area contributed by atoms with Crippen molar-refractivity contribution in [3.8, 4) is 0 Å². The topological polar surface area (TPSA) is 26.0 Å². The van der Waals surface area contributed by atoms with Crippen LogP contribution in [0.15, 0.2) is 0 Å². The summed E-state index contributed by atoms with van der Waals surface area (Å²) >= 11 is 0. The number of hydrogen-bond acceptors (Lipinski definition) is 1. The molecule has 62 valence electrons. The van der Waals surface area contributed by atoms with Gasteiger partial charge in [0.15, 0.2) is 0 Å². The number of nitrogens with two attached hydrogens (primary N) is 1. The van der Waals surface area contributed by atoms with Crippen molar-refractivity contribution < 1.29 is 8.78 Å². The van der Waals surface area contributed by atoms with E-state index in [1.807, 2.05) is 6.92 Å². The van der Waals surface area contributed by atoms with E-state index < -0.39 is 11.8 Å². The van der Waals surface area contributed by atoms with Crippen molar-refractivity contribution >= 4 is 0 Å². The largest absolute Gasteiger partial charge is 0.330 e. The first kappa shape index (κ1) is 9.82. The predicted octanol–water partition coefficient (Wildman–Crippen LogP) is 2.02. The second-order valence-electron chi connectivity index (χ2n) is 2.68. The maximum absolute atomic E-state index is 12.5. The number of alkyl halides is 2. The van der Waals surface area contributed by atoms with E-state index in [2.05, 4.69) is 0 Å². The van der Waals surface area contributed by atoms with Crippen molar-refractivity contribution in [3.63, 3.8) is 0 Å². The summed E-state index contributed by atoms with van der Waals surface area (Å²) in [5.74, 6) is -3.25. The lowest BCUT2D eigenvalue weighted by molar-refractivity contribution is -0.0391. The summed E-state index contributed by atoms with van der Waals surface area (Å²) in [4.78, 5) is 0. The normalized spacial score (nSPS) is 15.3. The highest BCUT2D eigenvalue weighted by molar-refractivity contribution is 4.72. The van der Waals surface area contributed by atoms with Crippen LogP contribution in [0.4, 0.5) is 8.78 Å². The monoisotopic (exact) mass is 151 g/mol. The van der Waals surface area contributed by atoms with Crippen LogP contribution >= 0.6 is 0 Å². The summed E-state index contributed by atoms with van der Waals surface area (Å²) in [6.45, 7) is 2.89. The molecule has 10 heavy (non-hydrogen) atoms. The minimum Gasteiger partial charge on any atom is -0.330 e. The Morgan fingerprint density at radius 3 is 2.10 bits per heavy atom. The molecule has 0 spiro atoms. The summed E-state index contributed by atoms with van der Waals surface area (Å²) in [5.41, 5.74) is 5.16. The SMILES string of the molecule is CCCC(CN)C(C)(F)F. The lowest BCUT2D eigenvalue weighted by atomic mass is 9.98. The first-order valence-electron chi connectivity index (χ1n) is 3.60. The summed E-state index contributed by atoms with van der Waals surface area (Å²) in [6.07, 6.45) is 1.28. The van der Waals surface area contributed by atoms with Crippen LogP contribution in [0, 0.1) is 5.92 Å². The highest BCUT2D eigenvalue weighted by Crippen LogP contribution is 2.26. The van der Waals surface area contributed by atoms with Crippen molar-refractivity contribution in [1.82, 2.24) is 0 Å². The van der Waals surface area contributed by atoms with Crippen LogP contribution in [0.3, 0.4) is 0 Å². The average Bonchev–Trinajstić information content (AvgIpc) is 1.80. The summed E-state index contributed by atoms with van der Waals surface area (Å²) in [7, 11) is 0. The molecule has 0 aromatic carbocycles. The Morgan fingerprint density at radius 1 is 1.50 bits per heavy atom. The van der Waals surface area contributed by atoms with E-state index in [1.54, 1.807) is 0 Å². The quantitative estimate of drug-likeness (QED) is 0.653. The lowest BCUT2D eigenvalue weighted by Gasteiger charge is -2.20. The maximum atomic E-state index is 12.5. The minimum absolute atomic E-state index is 0.0807. The van der Waals surface area contributed by atoms with Crippen LogP contribution in [-0.4, -0.2) is 12.5 Å². The standard InChI is InChI=1S/C7H15F2N/c1-3-4-6(5-10)7(2,8)9/h6H,3-5,10H2,1-2H3. The van der Waals surface area contributed by atoms with Crippen LogP contribution in [0.2, 0.25) is 0 Å². The van der Waals surface area contributed by atoms with E-state index in [0.29, 0.717) is 6.42 Å². The number of halogens is 2. The summed E-state index contributed by atoms with van der Waals surface area (Å²) < 4.78 is 25.0. The van der Waals surface area contributed by atoms with E-state index in [0.717, 1.165) is 13.3 Å². The number of hydrogen-bond donors (Lipinski definition) is 1. The maximum Gasteiger partial charge on any atom is 0.249 e. The molecule has 0 heterocycles. The fourth-order valence-corrected chi connectivity index (χ4v) is 0.927. The fourth-order valence-electron chi connectivity index (χ4n) is 0.927. The van der Waals surface area contributed by atoms with Gasteiger partial charge >= 0.3 is 0 Å². The average molecular weight is 151 g/mol. The molecule has 0 saturated carbocycles. The molecule has 0 aromatic rings. The Kier molecular flexibility index (Phi) is 3.79. The van der Waals surface area contributed by atoms with E-state index in [4.69, 9.17) is 5.73 Å². The number of rotatable bonds is 4. The Morgan fingerprint density at radius 2 is 2.00 bits per heavy atom. The Balaban J connectivity index is 3.81. The van der Waals surface area contributed by atoms with Crippen LogP contribution in [0.1, 0.15) is 26.7 Å². The molecule has 0 aliphatic carbocycles. The zero-order chi connectivity index (χ0) is 8.20. The van der Waals surface area contributed by atoms with Crippen molar-refractivity contribution in [2.75, 3.05) is 6.54 Å². The van der Waals surface area contributed by atoms with Gasteiger partial charge in [-0.15, -0.1) is 0 Å². The highest BCUT2D eigenvalue weighted by atomic mass is 19.3. The van der Waals surface area contributed by atoms with Crippen molar-refractivity contribution in [1.29, 1.82) is 0 Å². The van der Waals surface area contributed by atoms with E-state index in [-0.39, 0.29) is 6.54 Å². The van der Waals surface area contributed by atoms with Gasteiger partial charge < -0.3 is 5.73 Å². The second-order valence-corrected chi connectivity index (χ2v) is 2.68. The van der Waals surface area contributed by atoms with Gasteiger partial charge in [0, 0.05) is 12.5 Å². The summed E-state index contributed by atoms with van der Waals surface area (Å²) in [6, 6.07) is 0. The van der Waals surface area contributed by atoms with Crippen molar-refractivity contribution in [2.24, 2.45) is 11.7 Å². The fraction of sp³-hybridized carbons (Fsp3) is 1.00. The lowest BCUT2D eigenvalue weighted by Crippen LogP contribution is -2.31. The van der Waals surface area contributed by atoms with E-state index in [9.17, 15) is 8.78 Å². The third-order valence-corrected chi connectivity index (χ3v) is 1.64. The van der Waals surface area contributed by atoms with Crippen LogP contribution in [0.25, 0.3) is 0 Å². The molecule has 1 atom stereocenters.